The van der Waals surface area contributed by atoms with Crippen LogP contribution in [0.2, 0.25) is 0 Å². The molecule has 1 saturated heterocycles. The molecule has 29 heavy (non-hydrogen) atoms. The molecule has 1 amide bonds. The van der Waals surface area contributed by atoms with Crippen molar-refractivity contribution in [1.82, 2.24) is 4.90 Å². The molecule has 0 aliphatic carbocycles. The van der Waals surface area contributed by atoms with Gasteiger partial charge in [0, 0.05) is 32.2 Å². The van der Waals surface area contributed by atoms with Crippen molar-refractivity contribution in [2.45, 2.75) is 19.3 Å². The summed E-state index contributed by atoms with van der Waals surface area (Å²) in [6, 6.07) is 11.8. The first kappa shape index (κ1) is 20.6. The maximum absolute atomic E-state index is 13.9. The zero-order chi connectivity index (χ0) is 21.2. The van der Waals surface area contributed by atoms with Gasteiger partial charge in [0.05, 0.1) is 23.5 Å². The molecular formula is C21H24FN3O4. The zero-order valence-corrected chi connectivity index (χ0v) is 16.7. The number of hydrogen-bond donors (Lipinski definition) is 0. The minimum absolute atomic E-state index is 0.00883. The fourth-order valence-corrected chi connectivity index (χ4v) is 3.61. The summed E-state index contributed by atoms with van der Waals surface area (Å²) in [6.45, 7) is 5.45. The predicted octanol–water partition coefficient (Wildman–Crippen LogP) is 3.37. The first-order chi connectivity index (χ1) is 13.8. The number of piperazine rings is 1. The van der Waals surface area contributed by atoms with Gasteiger partial charge >= 0.3 is 0 Å². The molecule has 2 aromatic rings. The van der Waals surface area contributed by atoms with Crippen LogP contribution in [0.5, 0.6) is 5.75 Å². The van der Waals surface area contributed by atoms with Crippen molar-refractivity contribution < 1.29 is 18.8 Å². The average Bonchev–Trinajstić information content (AvgIpc) is 2.73. The van der Waals surface area contributed by atoms with E-state index in [4.69, 9.17) is 4.74 Å². The summed E-state index contributed by atoms with van der Waals surface area (Å²) in [5.41, 5.74) is 0.246. The molecule has 0 radical (unpaired) electrons. The second-order valence-electron chi connectivity index (χ2n) is 7.50. The standard InChI is InChI=1S/C21H24FN3O4/c1-21(2,15-7-5-4-6-8-15)20(26)24-11-9-23(10-12-24)17-14-19(29-3)16(22)13-18(17)25(27)28/h4-8,13-14H,9-12H2,1-3H3. The Kier molecular flexibility index (Phi) is 5.72. The number of carbonyl (C=O) groups excluding carboxylic acids is 1. The molecule has 1 heterocycles. The van der Waals surface area contributed by atoms with E-state index in [2.05, 4.69) is 0 Å². The Balaban J connectivity index is 1.77. The first-order valence-corrected chi connectivity index (χ1v) is 9.37. The highest BCUT2D eigenvalue weighted by Crippen LogP contribution is 2.35. The molecule has 0 saturated carbocycles. The molecular weight excluding hydrogens is 377 g/mol. The van der Waals surface area contributed by atoms with Gasteiger partial charge in [-0.1, -0.05) is 30.3 Å². The number of hydrogen-bond acceptors (Lipinski definition) is 5. The summed E-state index contributed by atoms with van der Waals surface area (Å²) >= 11 is 0. The smallest absolute Gasteiger partial charge is 0.295 e. The summed E-state index contributed by atoms with van der Waals surface area (Å²) in [7, 11) is 1.32. The van der Waals surface area contributed by atoms with E-state index in [1.54, 1.807) is 9.80 Å². The van der Waals surface area contributed by atoms with Crippen LogP contribution in [0.1, 0.15) is 19.4 Å². The second-order valence-corrected chi connectivity index (χ2v) is 7.50. The van der Waals surface area contributed by atoms with Crippen molar-refractivity contribution in [3.63, 3.8) is 0 Å². The Hall–Kier alpha value is -3.16. The first-order valence-electron chi connectivity index (χ1n) is 9.37. The van der Waals surface area contributed by atoms with E-state index in [1.807, 2.05) is 44.2 Å². The van der Waals surface area contributed by atoms with Crippen LogP contribution in [-0.2, 0) is 10.2 Å². The Morgan fingerprint density at radius 2 is 1.76 bits per heavy atom. The van der Waals surface area contributed by atoms with E-state index in [9.17, 15) is 19.3 Å². The van der Waals surface area contributed by atoms with Gasteiger partial charge in [-0.25, -0.2) is 4.39 Å². The van der Waals surface area contributed by atoms with Crippen LogP contribution in [0, 0.1) is 15.9 Å². The number of methoxy groups -OCH3 is 1. The van der Waals surface area contributed by atoms with E-state index in [-0.39, 0.29) is 17.3 Å². The number of nitro groups is 1. The quantitative estimate of drug-likeness (QED) is 0.567. The molecule has 0 spiro atoms. The SMILES string of the molecule is COc1cc(N2CCN(C(=O)C(C)(C)c3ccccc3)CC2)c([N+](=O)[O-])cc1F. The highest BCUT2D eigenvalue weighted by atomic mass is 19.1. The van der Waals surface area contributed by atoms with Crippen molar-refractivity contribution in [3.05, 3.63) is 64.0 Å². The highest BCUT2D eigenvalue weighted by Gasteiger charge is 2.36. The van der Waals surface area contributed by atoms with Gasteiger partial charge in [-0.05, 0) is 19.4 Å². The van der Waals surface area contributed by atoms with Crippen LogP contribution in [-0.4, -0.2) is 49.0 Å². The maximum Gasteiger partial charge on any atom is 0.295 e. The Labute approximate surface area is 168 Å². The Bertz CT molecular complexity index is 910. The summed E-state index contributed by atoms with van der Waals surface area (Å²) in [5.74, 6) is -0.815. The molecule has 1 fully saturated rings. The fourth-order valence-electron chi connectivity index (χ4n) is 3.61. The number of anilines is 1. The molecule has 7 nitrogen and oxygen atoms in total. The number of carbonyl (C=O) groups is 1. The molecule has 0 bridgehead atoms. The molecule has 0 N–H and O–H groups in total. The van der Waals surface area contributed by atoms with Gasteiger partial charge in [0.15, 0.2) is 11.6 Å². The molecule has 0 aromatic heterocycles. The maximum atomic E-state index is 13.9. The molecule has 1 aliphatic rings. The summed E-state index contributed by atoms with van der Waals surface area (Å²) in [6.07, 6.45) is 0. The largest absolute Gasteiger partial charge is 0.494 e. The number of ether oxygens (including phenoxy) is 1. The number of nitrogens with zero attached hydrogens (tertiary/aromatic N) is 3. The lowest BCUT2D eigenvalue weighted by Crippen LogP contribution is -2.53. The topological polar surface area (TPSA) is 75.9 Å². The average molecular weight is 401 g/mol. The molecule has 2 aromatic carbocycles. The minimum atomic E-state index is -0.777. The number of benzene rings is 2. The molecule has 0 atom stereocenters. The molecule has 8 heteroatoms. The molecule has 3 rings (SSSR count). The number of amides is 1. The number of halogens is 1. The van der Waals surface area contributed by atoms with Crippen molar-refractivity contribution in [2.75, 3.05) is 38.2 Å². The van der Waals surface area contributed by atoms with E-state index < -0.39 is 16.2 Å². The summed E-state index contributed by atoms with van der Waals surface area (Å²) < 4.78 is 18.9. The Morgan fingerprint density at radius 3 is 2.31 bits per heavy atom. The third-order valence-corrected chi connectivity index (χ3v) is 5.38. The lowest BCUT2D eigenvalue weighted by atomic mass is 9.83. The third kappa shape index (κ3) is 4.01. The normalized spacial score (nSPS) is 14.6. The van der Waals surface area contributed by atoms with Crippen LogP contribution >= 0.6 is 0 Å². The summed E-state index contributed by atoms with van der Waals surface area (Å²) in [4.78, 5) is 27.5. The van der Waals surface area contributed by atoms with Crippen LogP contribution in [0.25, 0.3) is 0 Å². The van der Waals surface area contributed by atoms with E-state index >= 15 is 0 Å². The highest BCUT2D eigenvalue weighted by molar-refractivity contribution is 5.87. The Morgan fingerprint density at radius 1 is 1.14 bits per heavy atom. The van der Waals surface area contributed by atoms with Gasteiger partial charge in [0.1, 0.15) is 5.69 Å². The fraction of sp³-hybridized carbons (Fsp3) is 0.381. The lowest BCUT2D eigenvalue weighted by molar-refractivity contribution is -0.384. The second kappa shape index (κ2) is 8.06. The van der Waals surface area contributed by atoms with Gasteiger partial charge in [-0.3, -0.25) is 14.9 Å². The number of rotatable bonds is 5. The molecule has 0 unspecified atom stereocenters. The van der Waals surface area contributed by atoms with Gasteiger partial charge in [0.2, 0.25) is 5.91 Å². The van der Waals surface area contributed by atoms with E-state index in [1.165, 1.54) is 13.2 Å². The van der Waals surface area contributed by atoms with Crippen molar-refractivity contribution >= 4 is 17.3 Å². The van der Waals surface area contributed by atoms with Crippen molar-refractivity contribution in [2.24, 2.45) is 0 Å². The van der Waals surface area contributed by atoms with E-state index in [0.29, 0.717) is 31.9 Å². The summed E-state index contributed by atoms with van der Waals surface area (Å²) in [5, 5.41) is 11.4. The van der Waals surface area contributed by atoms with Crippen molar-refractivity contribution in [3.8, 4) is 5.75 Å². The zero-order valence-electron chi connectivity index (χ0n) is 16.7. The van der Waals surface area contributed by atoms with Crippen LogP contribution in [0.3, 0.4) is 0 Å². The molecule has 154 valence electrons. The van der Waals surface area contributed by atoms with Crippen molar-refractivity contribution in [1.29, 1.82) is 0 Å². The predicted molar refractivity (Wildman–Crippen MR) is 108 cm³/mol. The minimum Gasteiger partial charge on any atom is -0.494 e. The van der Waals surface area contributed by atoms with Crippen LogP contribution in [0.15, 0.2) is 42.5 Å². The van der Waals surface area contributed by atoms with Gasteiger partial charge in [-0.2, -0.15) is 0 Å². The number of nitro benzene ring substituents is 1. The molecule has 1 aliphatic heterocycles. The monoisotopic (exact) mass is 401 g/mol. The lowest BCUT2D eigenvalue weighted by Gasteiger charge is -2.39. The van der Waals surface area contributed by atoms with Gasteiger partial charge in [0.25, 0.3) is 5.69 Å². The third-order valence-electron chi connectivity index (χ3n) is 5.38. The van der Waals surface area contributed by atoms with Gasteiger partial charge < -0.3 is 14.5 Å². The van der Waals surface area contributed by atoms with E-state index in [0.717, 1.165) is 11.6 Å². The van der Waals surface area contributed by atoms with Crippen LogP contribution < -0.4 is 9.64 Å². The van der Waals surface area contributed by atoms with Gasteiger partial charge in [-0.15, -0.1) is 0 Å². The van der Waals surface area contributed by atoms with Crippen LogP contribution in [0.4, 0.5) is 15.8 Å².